The second-order valence-corrected chi connectivity index (χ2v) is 9.91. The third-order valence-electron chi connectivity index (χ3n) is 7.59. The van der Waals surface area contributed by atoms with E-state index < -0.39 is 11.7 Å². The Labute approximate surface area is 197 Å². The molecule has 3 heterocycles. The number of nitrogens with one attached hydrogen (secondary N) is 1. The number of ether oxygens (including phenoxy) is 1. The number of hydrogen-bond donors (Lipinski definition) is 2. The van der Waals surface area contributed by atoms with Gasteiger partial charge in [-0.25, -0.2) is 0 Å². The molecule has 1 saturated carbocycles. The summed E-state index contributed by atoms with van der Waals surface area (Å²) in [6.07, 6.45) is -0.621. The number of alkyl halides is 3. The quantitative estimate of drug-likeness (QED) is 0.651. The van der Waals surface area contributed by atoms with Gasteiger partial charge in [0.2, 0.25) is 0 Å². The molecule has 1 aromatic carbocycles. The molecule has 2 aliphatic heterocycles. The SMILES string of the molecule is OCc1ccccc1-c1cc(C(F)(F)F)c(N[C@H]2C[C@@H]3CN(CC4CCOCC4)C[C@@H]3C2)nn1. The highest BCUT2D eigenvalue weighted by Crippen LogP contribution is 2.42. The van der Waals surface area contributed by atoms with E-state index in [9.17, 15) is 18.3 Å². The first-order valence-corrected chi connectivity index (χ1v) is 12.1. The van der Waals surface area contributed by atoms with Crippen LogP contribution in [0.1, 0.15) is 36.8 Å². The number of aliphatic hydroxyl groups excluding tert-OH is 1. The Morgan fingerprint density at radius 2 is 1.76 bits per heavy atom. The Kier molecular flexibility index (Phi) is 6.77. The average Bonchev–Trinajstić information content (AvgIpc) is 3.37. The number of aromatic nitrogens is 2. The molecule has 3 aliphatic rings. The van der Waals surface area contributed by atoms with Crippen LogP contribution in [0.4, 0.5) is 19.0 Å². The Balaban J connectivity index is 1.26. The molecule has 0 bridgehead atoms. The smallest absolute Gasteiger partial charge is 0.392 e. The number of benzene rings is 1. The maximum absolute atomic E-state index is 13.9. The molecule has 0 spiro atoms. The molecule has 6 nitrogen and oxygen atoms in total. The molecular formula is C25H31F3N4O2. The van der Waals surface area contributed by atoms with E-state index in [0.29, 0.717) is 28.9 Å². The number of halogens is 3. The van der Waals surface area contributed by atoms with Crippen molar-refractivity contribution < 1.29 is 23.0 Å². The lowest BCUT2D eigenvalue weighted by molar-refractivity contribution is -0.137. The minimum Gasteiger partial charge on any atom is -0.392 e. The number of nitrogens with zero attached hydrogens (tertiary/aromatic N) is 3. The van der Waals surface area contributed by atoms with Gasteiger partial charge in [-0.1, -0.05) is 24.3 Å². The van der Waals surface area contributed by atoms with Crippen LogP contribution in [0.25, 0.3) is 11.3 Å². The van der Waals surface area contributed by atoms with Crippen molar-refractivity contribution >= 4 is 5.82 Å². The topological polar surface area (TPSA) is 70.5 Å². The number of anilines is 1. The maximum Gasteiger partial charge on any atom is 0.420 e. The molecule has 5 rings (SSSR count). The van der Waals surface area contributed by atoms with Gasteiger partial charge in [-0.2, -0.15) is 13.2 Å². The molecule has 2 aromatic rings. The lowest BCUT2D eigenvalue weighted by Gasteiger charge is -2.28. The number of rotatable bonds is 6. The average molecular weight is 477 g/mol. The monoisotopic (exact) mass is 476 g/mol. The van der Waals surface area contributed by atoms with Gasteiger partial charge in [-0.3, -0.25) is 0 Å². The van der Waals surface area contributed by atoms with Crippen LogP contribution in [0.5, 0.6) is 0 Å². The van der Waals surface area contributed by atoms with Gasteiger partial charge in [0.05, 0.1) is 12.3 Å². The van der Waals surface area contributed by atoms with Gasteiger partial charge in [0.15, 0.2) is 5.82 Å². The van der Waals surface area contributed by atoms with Crippen LogP contribution in [0, 0.1) is 17.8 Å². The van der Waals surface area contributed by atoms with Crippen molar-refractivity contribution in [3.63, 3.8) is 0 Å². The molecule has 34 heavy (non-hydrogen) atoms. The van der Waals surface area contributed by atoms with Gasteiger partial charge in [0, 0.05) is 44.5 Å². The Morgan fingerprint density at radius 3 is 2.44 bits per heavy atom. The second-order valence-electron chi connectivity index (χ2n) is 9.91. The van der Waals surface area contributed by atoms with Crippen molar-refractivity contribution in [2.45, 2.75) is 44.5 Å². The molecule has 9 heteroatoms. The van der Waals surface area contributed by atoms with E-state index in [1.54, 1.807) is 24.3 Å². The van der Waals surface area contributed by atoms with Crippen LogP contribution >= 0.6 is 0 Å². The largest absolute Gasteiger partial charge is 0.420 e. The summed E-state index contributed by atoms with van der Waals surface area (Å²) < 4.78 is 47.3. The van der Waals surface area contributed by atoms with E-state index in [1.807, 2.05) is 0 Å². The van der Waals surface area contributed by atoms with Crippen molar-refractivity contribution in [3.8, 4) is 11.3 Å². The van der Waals surface area contributed by atoms with Crippen molar-refractivity contribution in [2.75, 3.05) is 38.2 Å². The van der Waals surface area contributed by atoms with Crippen LogP contribution < -0.4 is 5.32 Å². The van der Waals surface area contributed by atoms with Gasteiger partial charge in [0.25, 0.3) is 0 Å². The molecule has 3 atom stereocenters. The van der Waals surface area contributed by atoms with E-state index in [4.69, 9.17) is 4.74 Å². The Morgan fingerprint density at radius 1 is 1.06 bits per heavy atom. The lowest BCUT2D eigenvalue weighted by atomic mass is 10.00. The van der Waals surface area contributed by atoms with Crippen LogP contribution in [0.3, 0.4) is 0 Å². The minimum atomic E-state index is -4.56. The zero-order chi connectivity index (χ0) is 23.7. The van der Waals surface area contributed by atoms with E-state index >= 15 is 0 Å². The highest BCUT2D eigenvalue weighted by atomic mass is 19.4. The van der Waals surface area contributed by atoms with E-state index in [0.717, 1.165) is 64.6 Å². The number of aliphatic hydroxyl groups is 1. The third-order valence-corrected chi connectivity index (χ3v) is 7.59. The molecule has 0 radical (unpaired) electrons. The highest BCUT2D eigenvalue weighted by Gasteiger charge is 2.43. The Bertz CT molecular complexity index is 982. The van der Waals surface area contributed by atoms with Gasteiger partial charge in [0.1, 0.15) is 5.56 Å². The standard InChI is InChI=1S/C25H31F3N4O2/c26-25(27,28)22-11-23(21-4-2-1-3-17(21)15-33)30-31-24(22)29-20-9-18-13-32(14-19(18)10-20)12-16-5-7-34-8-6-16/h1-4,11,16,18-20,33H,5-10,12-15H2,(H,29,31)/t18-,19+,20+. The summed E-state index contributed by atoms with van der Waals surface area (Å²) in [5.74, 6) is 1.51. The molecule has 1 aromatic heterocycles. The number of hydrogen-bond acceptors (Lipinski definition) is 6. The van der Waals surface area contributed by atoms with Gasteiger partial charge >= 0.3 is 6.18 Å². The first kappa shape index (κ1) is 23.5. The fourth-order valence-electron chi connectivity index (χ4n) is 5.91. The third kappa shape index (κ3) is 5.06. The highest BCUT2D eigenvalue weighted by molar-refractivity contribution is 5.66. The zero-order valence-corrected chi connectivity index (χ0v) is 19.1. The van der Waals surface area contributed by atoms with Crippen molar-refractivity contribution in [1.82, 2.24) is 15.1 Å². The molecule has 3 fully saturated rings. The van der Waals surface area contributed by atoms with Gasteiger partial charge in [-0.05, 0) is 55.1 Å². The fourth-order valence-corrected chi connectivity index (χ4v) is 5.91. The maximum atomic E-state index is 13.9. The second kappa shape index (κ2) is 9.79. The lowest BCUT2D eigenvalue weighted by Crippen LogP contribution is -2.32. The summed E-state index contributed by atoms with van der Waals surface area (Å²) in [5, 5.41) is 20.7. The molecule has 1 aliphatic carbocycles. The fraction of sp³-hybridized carbons (Fsp3) is 0.600. The molecule has 2 saturated heterocycles. The van der Waals surface area contributed by atoms with Gasteiger partial charge in [-0.15, -0.1) is 10.2 Å². The molecular weight excluding hydrogens is 445 g/mol. The summed E-state index contributed by atoms with van der Waals surface area (Å²) >= 11 is 0. The molecule has 0 unspecified atom stereocenters. The minimum absolute atomic E-state index is 0.0359. The summed E-state index contributed by atoms with van der Waals surface area (Å²) in [5.41, 5.74) is 0.257. The summed E-state index contributed by atoms with van der Waals surface area (Å²) in [7, 11) is 0. The van der Waals surface area contributed by atoms with Crippen molar-refractivity contribution in [3.05, 3.63) is 41.5 Å². The van der Waals surface area contributed by atoms with Crippen LogP contribution in [-0.2, 0) is 17.5 Å². The zero-order valence-electron chi connectivity index (χ0n) is 19.1. The summed E-state index contributed by atoms with van der Waals surface area (Å²) in [6, 6.07) is 7.75. The molecule has 184 valence electrons. The predicted molar refractivity (Wildman–Crippen MR) is 122 cm³/mol. The van der Waals surface area contributed by atoms with Crippen molar-refractivity contribution in [2.24, 2.45) is 17.8 Å². The first-order valence-electron chi connectivity index (χ1n) is 12.1. The van der Waals surface area contributed by atoms with Gasteiger partial charge < -0.3 is 20.1 Å². The Hall–Kier alpha value is -2.23. The first-order chi connectivity index (χ1) is 16.4. The summed E-state index contributed by atoms with van der Waals surface area (Å²) in [6.45, 7) is 4.57. The van der Waals surface area contributed by atoms with Crippen molar-refractivity contribution in [1.29, 1.82) is 0 Å². The molecule has 2 N–H and O–H groups in total. The number of fused-ring (bicyclic) bond motifs is 1. The van der Waals surface area contributed by atoms with Crippen LogP contribution in [-0.4, -0.2) is 59.1 Å². The summed E-state index contributed by atoms with van der Waals surface area (Å²) in [4.78, 5) is 2.54. The van der Waals surface area contributed by atoms with E-state index in [-0.39, 0.29) is 24.2 Å². The normalized spacial score (nSPS) is 26.1. The van der Waals surface area contributed by atoms with Crippen LogP contribution in [0.2, 0.25) is 0 Å². The van der Waals surface area contributed by atoms with Crippen LogP contribution in [0.15, 0.2) is 30.3 Å². The van der Waals surface area contributed by atoms with E-state index in [1.165, 1.54) is 0 Å². The molecule has 0 amide bonds. The number of likely N-dealkylation sites (tertiary alicyclic amines) is 1. The van der Waals surface area contributed by atoms with E-state index in [2.05, 4.69) is 20.4 Å². The predicted octanol–water partition coefficient (Wildman–Crippen LogP) is 4.20.